The molecular formula is C27H38O4S. The molecule has 176 valence electrons. The minimum Gasteiger partial charge on any atom is -0.465 e. The van der Waals surface area contributed by atoms with Gasteiger partial charge in [0.1, 0.15) is 4.88 Å². The van der Waals surface area contributed by atoms with Gasteiger partial charge in [0.2, 0.25) is 0 Å². The van der Waals surface area contributed by atoms with E-state index in [2.05, 4.69) is 30.7 Å². The van der Waals surface area contributed by atoms with Gasteiger partial charge in [0.25, 0.3) is 0 Å². The number of methoxy groups -OCH3 is 1. The molecular weight excluding hydrogens is 420 g/mol. The Balaban J connectivity index is 0.000000258. The summed E-state index contributed by atoms with van der Waals surface area (Å²) in [6, 6.07) is 12.1. The summed E-state index contributed by atoms with van der Waals surface area (Å²) in [6.07, 6.45) is 9.34. The van der Waals surface area contributed by atoms with E-state index in [1.54, 1.807) is 0 Å². The lowest BCUT2D eigenvalue weighted by molar-refractivity contribution is 0.0606. The molecule has 0 saturated heterocycles. The number of rotatable bonds is 10. The highest BCUT2D eigenvalue weighted by molar-refractivity contribution is 7.13. The van der Waals surface area contributed by atoms with Crippen LogP contribution in [0.2, 0.25) is 0 Å². The van der Waals surface area contributed by atoms with Gasteiger partial charge in [-0.25, -0.2) is 4.79 Å². The second-order valence-electron chi connectivity index (χ2n) is 8.23. The van der Waals surface area contributed by atoms with Crippen molar-refractivity contribution in [2.24, 2.45) is 0 Å². The lowest BCUT2D eigenvalue weighted by Crippen LogP contribution is -1.98. The molecule has 0 saturated carbocycles. The minimum atomic E-state index is -0.342. The van der Waals surface area contributed by atoms with E-state index >= 15 is 0 Å². The third-order valence-corrected chi connectivity index (χ3v) is 6.92. The predicted octanol–water partition coefficient (Wildman–Crippen LogP) is 6.72. The molecule has 0 aliphatic heterocycles. The molecule has 2 aromatic rings. The first-order valence-corrected chi connectivity index (χ1v) is 12.6. The van der Waals surface area contributed by atoms with E-state index in [4.69, 9.17) is 0 Å². The second-order valence-corrected chi connectivity index (χ2v) is 9.40. The fourth-order valence-electron chi connectivity index (χ4n) is 3.96. The van der Waals surface area contributed by atoms with E-state index in [1.165, 1.54) is 52.9 Å². The molecule has 1 aromatic carbocycles. The Morgan fingerprint density at radius 2 is 1.81 bits per heavy atom. The first-order valence-electron chi connectivity index (χ1n) is 11.8. The molecule has 1 aromatic heterocycles. The number of aliphatic hydroxyl groups is 2. The second kappa shape index (κ2) is 14.2. The van der Waals surface area contributed by atoms with Gasteiger partial charge in [-0.1, -0.05) is 63.8 Å². The summed E-state index contributed by atoms with van der Waals surface area (Å²) in [5, 5.41) is 19.5. The van der Waals surface area contributed by atoms with Crippen molar-refractivity contribution in [3.63, 3.8) is 0 Å². The van der Waals surface area contributed by atoms with E-state index in [0.717, 1.165) is 50.5 Å². The van der Waals surface area contributed by atoms with Gasteiger partial charge in [0.15, 0.2) is 0 Å². The number of thiophene rings is 1. The van der Waals surface area contributed by atoms with Crippen molar-refractivity contribution in [3.8, 4) is 0 Å². The monoisotopic (exact) mass is 458 g/mol. The summed E-state index contributed by atoms with van der Waals surface area (Å²) in [6.45, 7) is 4.48. The summed E-state index contributed by atoms with van der Waals surface area (Å²) < 4.78 is 4.60. The van der Waals surface area contributed by atoms with Crippen molar-refractivity contribution in [1.82, 2.24) is 0 Å². The average molecular weight is 459 g/mol. The number of ether oxygens (including phenoxy) is 1. The molecule has 1 aliphatic rings. The highest BCUT2D eigenvalue weighted by atomic mass is 32.1. The predicted molar refractivity (Wildman–Crippen MR) is 133 cm³/mol. The standard InChI is InChI=1S/C18H26O2.C9H12O2S/c1-2-3-4-8-18(20)15-11-9-14(10-12-15)17-7-5-6-16(17)13-19;1-3-4-7-5-6-8(12-7)9(10)11-2/h9-12,18-20H,2-8,13H2,1H3;5-6H,3-4H2,1-2H3. The van der Waals surface area contributed by atoms with Crippen LogP contribution in [-0.4, -0.2) is 29.9 Å². The summed E-state index contributed by atoms with van der Waals surface area (Å²) >= 11 is 1.52. The Bertz CT molecular complexity index is 851. The molecule has 0 bridgehead atoms. The lowest BCUT2D eigenvalue weighted by atomic mass is 9.97. The molecule has 0 fully saturated rings. The largest absolute Gasteiger partial charge is 0.465 e. The van der Waals surface area contributed by atoms with Crippen LogP contribution in [0.15, 0.2) is 42.0 Å². The molecule has 0 radical (unpaired) electrons. The number of unbranched alkanes of at least 4 members (excludes halogenated alkanes) is 2. The number of aryl methyl sites for hydroxylation is 1. The van der Waals surface area contributed by atoms with Crippen molar-refractivity contribution in [1.29, 1.82) is 0 Å². The Morgan fingerprint density at radius 1 is 1.06 bits per heavy atom. The van der Waals surface area contributed by atoms with Gasteiger partial charge >= 0.3 is 5.97 Å². The Kier molecular flexibility index (Phi) is 11.7. The summed E-state index contributed by atoms with van der Waals surface area (Å²) in [5.74, 6) is -0.234. The molecule has 0 amide bonds. The van der Waals surface area contributed by atoms with Crippen molar-refractivity contribution in [3.05, 3.63) is 62.9 Å². The van der Waals surface area contributed by atoms with Crippen molar-refractivity contribution >= 4 is 22.9 Å². The zero-order valence-electron chi connectivity index (χ0n) is 19.7. The maximum Gasteiger partial charge on any atom is 0.348 e. The van der Waals surface area contributed by atoms with Crippen LogP contribution >= 0.6 is 11.3 Å². The molecule has 0 spiro atoms. The zero-order chi connectivity index (χ0) is 23.3. The quantitative estimate of drug-likeness (QED) is 0.306. The van der Waals surface area contributed by atoms with Gasteiger partial charge in [0, 0.05) is 4.88 Å². The highest BCUT2D eigenvalue weighted by Gasteiger charge is 2.16. The van der Waals surface area contributed by atoms with Gasteiger partial charge in [-0.3, -0.25) is 0 Å². The zero-order valence-corrected chi connectivity index (χ0v) is 20.5. The normalized spacial score (nSPS) is 14.2. The van der Waals surface area contributed by atoms with Crippen LogP contribution in [0.5, 0.6) is 0 Å². The van der Waals surface area contributed by atoms with E-state index in [-0.39, 0.29) is 18.7 Å². The molecule has 1 unspecified atom stereocenters. The molecule has 32 heavy (non-hydrogen) atoms. The first kappa shape index (κ1) is 26.3. The number of carbonyl (C=O) groups excluding carboxylic acids is 1. The van der Waals surface area contributed by atoms with E-state index in [9.17, 15) is 15.0 Å². The van der Waals surface area contributed by atoms with Crippen molar-refractivity contribution in [2.45, 2.75) is 77.7 Å². The lowest BCUT2D eigenvalue weighted by Gasteiger charge is -2.12. The van der Waals surface area contributed by atoms with E-state index < -0.39 is 0 Å². The summed E-state index contributed by atoms with van der Waals surface area (Å²) in [4.78, 5) is 13.0. The van der Waals surface area contributed by atoms with Gasteiger partial charge in [-0.2, -0.15) is 0 Å². The number of hydrogen-bond donors (Lipinski definition) is 2. The highest BCUT2D eigenvalue weighted by Crippen LogP contribution is 2.34. The Hall–Kier alpha value is -1.95. The SMILES string of the molecule is CCCCCC(O)c1ccc(C2=C(CO)CCC2)cc1.CCCc1ccc(C(=O)OC)s1. The Morgan fingerprint density at radius 3 is 2.44 bits per heavy atom. The number of aliphatic hydroxyl groups excluding tert-OH is 2. The van der Waals surface area contributed by atoms with Crippen molar-refractivity contribution < 1.29 is 19.7 Å². The van der Waals surface area contributed by atoms with Crippen LogP contribution in [0.4, 0.5) is 0 Å². The average Bonchev–Trinajstić information content (AvgIpc) is 3.49. The topological polar surface area (TPSA) is 66.8 Å². The van der Waals surface area contributed by atoms with Crippen LogP contribution in [0, 0.1) is 0 Å². The fraction of sp³-hybridized carbons (Fsp3) is 0.519. The van der Waals surface area contributed by atoms with Crippen LogP contribution in [0.25, 0.3) is 5.57 Å². The molecule has 5 heteroatoms. The molecule has 2 N–H and O–H groups in total. The first-order chi connectivity index (χ1) is 15.5. The fourth-order valence-corrected chi connectivity index (χ4v) is 4.99. The van der Waals surface area contributed by atoms with Crippen LogP contribution in [0.1, 0.15) is 97.0 Å². The number of allylic oxidation sites excluding steroid dienone is 1. The van der Waals surface area contributed by atoms with Gasteiger partial charge in [0.05, 0.1) is 19.8 Å². The van der Waals surface area contributed by atoms with E-state index in [1.807, 2.05) is 24.3 Å². The molecule has 1 atom stereocenters. The molecule has 4 nitrogen and oxygen atoms in total. The van der Waals surface area contributed by atoms with Gasteiger partial charge in [-0.15, -0.1) is 11.3 Å². The maximum absolute atomic E-state index is 11.0. The van der Waals surface area contributed by atoms with Gasteiger partial charge < -0.3 is 14.9 Å². The van der Waals surface area contributed by atoms with Crippen molar-refractivity contribution in [2.75, 3.05) is 13.7 Å². The summed E-state index contributed by atoms with van der Waals surface area (Å²) in [7, 11) is 1.40. The Labute approximate surface area is 197 Å². The van der Waals surface area contributed by atoms with E-state index in [0.29, 0.717) is 4.88 Å². The molecule has 3 rings (SSSR count). The minimum absolute atomic E-state index is 0.177. The summed E-state index contributed by atoms with van der Waals surface area (Å²) in [5.41, 5.74) is 4.70. The third-order valence-electron chi connectivity index (χ3n) is 5.79. The number of esters is 1. The number of hydrogen-bond acceptors (Lipinski definition) is 5. The third kappa shape index (κ3) is 7.88. The van der Waals surface area contributed by atoms with Gasteiger partial charge in [-0.05, 0) is 66.5 Å². The smallest absolute Gasteiger partial charge is 0.348 e. The molecule has 1 aliphatic carbocycles. The van der Waals surface area contributed by atoms with Crippen LogP contribution < -0.4 is 0 Å². The number of carbonyl (C=O) groups is 1. The number of benzene rings is 1. The maximum atomic E-state index is 11.0. The van der Waals surface area contributed by atoms with Crippen LogP contribution in [0.3, 0.4) is 0 Å². The molecule has 1 heterocycles. The van der Waals surface area contributed by atoms with Crippen LogP contribution in [-0.2, 0) is 11.2 Å².